The Morgan fingerprint density at radius 3 is 2.44 bits per heavy atom. The Labute approximate surface area is 158 Å². The standard InChI is InChI=1S/C22H24N2O3/c25-22(24-15-17-5-8-18-11-12-26-21(18)13-17)23-14-16-6-9-20(10-7-16)27-19-3-1-2-4-19/h5-13,19H,1-4,14-15H2,(H2,23,24,25). The van der Waals surface area contributed by atoms with Gasteiger partial charge in [-0.05, 0) is 61.1 Å². The summed E-state index contributed by atoms with van der Waals surface area (Å²) in [5.74, 6) is 0.906. The van der Waals surface area contributed by atoms with Crippen LogP contribution in [0.25, 0.3) is 11.0 Å². The molecule has 0 radical (unpaired) electrons. The zero-order valence-electron chi connectivity index (χ0n) is 15.2. The first-order valence-corrected chi connectivity index (χ1v) is 9.50. The molecule has 27 heavy (non-hydrogen) atoms. The summed E-state index contributed by atoms with van der Waals surface area (Å²) in [4.78, 5) is 12.0. The molecule has 4 rings (SSSR count). The number of carbonyl (C=O) groups excluding carboxylic acids is 1. The Hall–Kier alpha value is -2.95. The van der Waals surface area contributed by atoms with Crippen molar-refractivity contribution in [3.05, 3.63) is 65.9 Å². The van der Waals surface area contributed by atoms with Crippen LogP contribution in [-0.4, -0.2) is 12.1 Å². The molecule has 2 N–H and O–H groups in total. The molecule has 1 aliphatic carbocycles. The summed E-state index contributed by atoms with van der Waals surface area (Å²) in [5, 5.41) is 6.81. The van der Waals surface area contributed by atoms with Gasteiger partial charge in [0, 0.05) is 18.5 Å². The van der Waals surface area contributed by atoms with Gasteiger partial charge < -0.3 is 19.8 Å². The van der Waals surface area contributed by atoms with E-state index >= 15 is 0 Å². The third-order valence-corrected chi connectivity index (χ3v) is 4.96. The summed E-state index contributed by atoms with van der Waals surface area (Å²) in [6, 6.07) is 15.6. The average molecular weight is 364 g/mol. The average Bonchev–Trinajstić information content (AvgIpc) is 3.37. The van der Waals surface area contributed by atoms with E-state index in [1.54, 1.807) is 6.26 Å². The SMILES string of the molecule is O=C(NCc1ccc(OC2CCCC2)cc1)NCc1ccc2ccoc2c1. The topological polar surface area (TPSA) is 63.5 Å². The van der Waals surface area contributed by atoms with Crippen LogP contribution >= 0.6 is 0 Å². The van der Waals surface area contributed by atoms with Crippen LogP contribution in [0.5, 0.6) is 5.75 Å². The highest BCUT2D eigenvalue weighted by atomic mass is 16.5. The first kappa shape index (κ1) is 17.5. The lowest BCUT2D eigenvalue weighted by Gasteiger charge is -2.13. The normalized spacial score (nSPS) is 14.4. The highest BCUT2D eigenvalue weighted by Gasteiger charge is 2.16. The molecule has 1 heterocycles. The van der Waals surface area contributed by atoms with Gasteiger partial charge in [0.1, 0.15) is 11.3 Å². The van der Waals surface area contributed by atoms with Crippen molar-refractivity contribution in [3.8, 4) is 5.75 Å². The van der Waals surface area contributed by atoms with Gasteiger partial charge in [0.25, 0.3) is 0 Å². The maximum Gasteiger partial charge on any atom is 0.315 e. The lowest BCUT2D eigenvalue weighted by atomic mass is 10.2. The number of amides is 2. The molecule has 1 fully saturated rings. The van der Waals surface area contributed by atoms with Gasteiger partial charge in [0.2, 0.25) is 0 Å². The number of urea groups is 1. The van der Waals surface area contributed by atoms with Crippen molar-refractivity contribution < 1.29 is 13.9 Å². The molecule has 0 unspecified atom stereocenters. The maximum absolute atomic E-state index is 12.0. The molecule has 0 atom stereocenters. The Bertz CT molecular complexity index is 895. The minimum atomic E-state index is -0.194. The number of hydrogen-bond donors (Lipinski definition) is 2. The van der Waals surface area contributed by atoms with E-state index in [9.17, 15) is 4.79 Å². The lowest BCUT2D eigenvalue weighted by molar-refractivity contribution is 0.210. The molecule has 1 saturated carbocycles. The second-order valence-corrected chi connectivity index (χ2v) is 7.00. The summed E-state index contributed by atoms with van der Waals surface area (Å²) >= 11 is 0. The molecule has 2 aromatic carbocycles. The van der Waals surface area contributed by atoms with Gasteiger partial charge in [0.05, 0.1) is 12.4 Å². The first-order valence-electron chi connectivity index (χ1n) is 9.50. The molecule has 1 aromatic heterocycles. The monoisotopic (exact) mass is 364 g/mol. The van der Waals surface area contributed by atoms with E-state index < -0.39 is 0 Å². The smallest absolute Gasteiger partial charge is 0.315 e. The van der Waals surface area contributed by atoms with E-state index in [1.807, 2.05) is 48.5 Å². The van der Waals surface area contributed by atoms with E-state index in [0.29, 0.717) is 19.2 Å². The van der Waals surface area contributed by atoms with Crippen LogP contribution in [0, 0.1) is 0 Å². The molecule has 0 aliphatic heterocycles. The highest BCUT2D eigenvalue weighted by Crippen LogP contribution is 2.24. The number of ether oxygens (including phenoxy) is 1. The van der Waals surface area contributed by atoms with E-state index in [-0.39, 0.29) is 6.03 Å². The Morgan fingerprint density at radius 2 is 1.67 bits per heavy atom. The fourth-order valence-electron chi connectivity index (χ4n) is 3.42. The van der Waals surface area contributed by atoms with Gasteiger partial charge in [0.15, 0.2) is 0 Å². The van der Waals surface area contributed by atoms with Crippen LogP contribution in [0.4, 0.5) is 4.79 Å². The molecule has 0 saturated heterocycles. The Kier molecular flexibility index (Phi) is 5.28. The van der Waals surface area contributed by atoms with Crippen LogP contribution in [0.2, 0.25) is 0 Å². The van der Waals surface area contributed by atoms with Crippen LogP contribution < -0.4 is 15.4 Å². The van der Waals surface area contributed by atoms with Crippen LogP contribution in [-0.2, 0) is 13.1 Å². The zero-order chi connectivity index (χ0) is 18.5. The highest BCUT2D eigenvalue weighted by molar-refractivity contribution is 5.78. The van der Waals surface area contributed by atoms with Crippen LogP contribution in [0.1, 0.15) is 36.8 Å². The molecule has 3 aromatic rings. The third kappa shape index (κ3) is 4.61. The molecule has 5 heteroatoms. The van der Waals surface area contributed by atoms with E-state index in [0.717, 1.165) is 40.7 Å². The van der Waals surface area contributed by atoms with E-state index in [1.165, 1.54) is 12.8 Å². The molecule has 0 bridgehead atoms. The summed E-state index contributed by atoms with van der Waals surface area (Å²) in [6.45, 7) is 0.934. The fraction of sp³-hybridized carbons (Fsp3) is 0.318. The van der Waals surface area contributed by atoms with Gasteiger partial charge in [-0.25, -0.2) is 4.79 Å². The molecule has 140 valence electrons. The third-order valence-electron chi connectivity index (χ3n) is 4.96. The van der Waals surface area contributed by atoms with Crippen molar-refractivity contribution >= 4 is 17.0 Å². The molecule has 0 spiro atoms. The molecule has 2 amide bonds. The molecule has 1 aliphatic rings. The van der Waals surface area contributed by atoms with Gasteiger partial charge >= 0.3 is 6.03 Å². The number of benzene rings is 2. The van der Waals surface area contributed by atoms with E-state index in [4.69, 9.17) is 9.15 Å². The Morgan fingerprint density at radius 1 is 0.963 bits per heavy atom. The minimum Gasteiger partial charge on any atom is -0.490 e. The molecular weight excluding hydrogens is 340 g/mol. The van der Waals surface area contributed by atoms with Gasteiger partial charge in [-0.15, -0.1) is 0 Å². The predicted octanol–water partition coefficient (Wildman–Crippen LogP) is 4.75. The fourth-order valence-corrected chi connectivity index (χ4v) is 3.42. The Balaban J connectivity index is 1.22. The zero-order valence-corrected chi connectivity index (χ0v) is 15.2. The van der Waals surface area contributed by atoms with Crippen molar-refractivity contribution in [2.75, 3.05) is 0 Å². The van der Waals surface area contributed by atoms with Crippen molar-refractivity contribution in [1.29, 1.82) is 0 Å². The second kappa shape index (κ2) is 8.16. The van der Waals surface area contributed by atoms with Gasteiger partial charge in [-0.3, -0.25) is 0 Å². The van der Waals surface area contributed by atoms with Crippen LogP contribution in [0.15, 0.2) is 59.2 Å². The maximum atomic E-state index is 12.0. The van der Waals surface area contributed by atoms with E-state index in [2.05, 4.69) is 10.6 Å². The summed E-state index contributed by atoms with van der Waals surface area (Å²) in [6.07, 6.45) is 6.85. The van der Waals surface area contributed by atoms with Gasteiger partial charge in [-0.1, -0.05) is 24.3 Å². The lowest BCUT2D eigenvalue weighted by Crippen LogP contribution is -2.34. The number of nitrogens with one attached hydrogen (secondary N) is 2. The van der Waals surface area contributed by atoms with Crippen LogP contribution in [0.3, 0.4) is 0 Å². The van der Waals surface area contributed by atoms with Crippen molar-refractivity contribution in [2.45, 2.75) is 44.9 Å². The van der Waals surface area contributed by atoms with Crippen molar-refractivity contribution in [1.82, 2.24) is 10.6 Å². The largest absolute Gasteiger partial charge is 0.490 e. The predicted molar refractivity (Wildman–Crippen MR) is 105 cm³/mol. The summed E-state index contributed by atoms with van der Waals surface area (Å²) < 4.78 is 11.3. The minimum absolute atomic E-state index is 0.194. The summed E-state index contributed by atoms with van der Waals surface area (Å²) in [7, 11) is 0. The second-order valence-electron chi connectivity index (χ2n) is 7.00. The number of hydrogen-bond acceptors (Lipinski definition) is 3. The molecule has 5 nitrogen and oxygen atoms in total. The number of rotatable bonds is 6. The number of furan rings is 1. The summed E-state index contributed by atoms with van der Waals surface area (Å²) in [5.41, 5.74) is 2.87. The van der Waals surface area contributed by atoms with Crippen molar-refractivity contribution in [2.24, 2.45) is 0 Å². The number of carbonyl (C=O) groups is 1. The molecular formula is C22H24N2O3. The first-order chi connectivity index (χ1) is 13.3. The van der Waals surface area contributed by atoms with Crippen molar-refractivity contribution in [3.63, 3.8) is 0 Å². The quantitative estimate of drug-likeness (QED) is 0.663. The number of fused-ring (bicyclic) bond motifs is 1. The van der Waals surface area contributed by atoms with Gasteiger partial charge in [-0.2, -0.15) is 0 Å².